The van der Waals surface area contributed by atoms with Crippen LogP contribution in [0, 0.1) is 10.1 Å². The zero-order chi connectivity index (χ0) is 15.1. The van der Waals surface area contributed by atoms with Gasteiger partial charge in [-0.1, -0.05) is 6.07 Å². The van der Waals surface area contributed by atoms with E-state index in [2.05, 4.69) is 5.32 Å². The van der Waals surface area contributed by atoms with E-state index in [0.717, 1.165) is 0 Å². The highest BCUT2D eigenvalue weighted by molar-refractivity contribution is 5.89. The van der Waals surface area contributed by atoms with Crippen molar-refractivity contribution in [1.82, 2.24) is 4.90 Å². The standard InChI is InChI=1S/C12H15N3O5/c1-14(7-3-6-11(16)17)12(18)13-9-4-2-5-10(8-9)15(19)20/h2,4-5,8H,3,6-7H2,1H3,(H,13,18)(H,16,17). The summed E-state index contributed by atoms with van der Waals surface area (Å²) in [6, 6.07) is 5.14. The number of rotatable bonds is 6. The molecule has 2 N–H and O–H groups in total. The van der Waals surface area contributed by atoms with Gasteiger partial charge in [-0.25, -0.2) is 4.79 Å². The normalized spacial score (nSPS) is 9.85. The van der Waals surface area contributed by atoms with Crippen LogP contribution in [0.4, 0.5) is 16.2 Å². The largest absolute Gasteiger partial charge is 0.481 e. The Kier molecular flexibility index (Phi) is 5.45. The van der Waals surface area contributed by atoms with Crippen molar-refractivity contribution in [2.45, 2.75) is 12.8 Å². The number of benzene rings is 1. The van der Waals surface area contributed by atoms with Crippen LogP contribution in [0.3, 0.4) is 0 Å². The first-order chi connectivity index (χ1) is 9.40. The number of nitro benzene ring substituents is 1. The van der Waals surface area contributed by atoms with Crippen LogP contribution in [0.25, 0.3) is 0 Å². The SMILES string of the molecule is CN(CCCC(=O)O)C(=O)Nc1cccc([N+](=O)[O-])c1. The molecule has 0 spiro atoms. The summed E-state index contributed by atoms with van der Waals surface area (Å²) in [4.78, 5) is 33.5. The van der Waals surface area contributed by atoms with Crippen LogP contribution >= 0.6 is 0 Å². The Hall–Kier alpha value is -2.64. The predicted octanol–water partition coefficient (Wildman–Crippen LogP) is 1.92. The van der Waals surface area contributed by atoms with Crippen LogP contribution < -0.4 is 5.32 Å². The second-order valence-corrected chi connectivity index (χ2v) is 4.16. The number of carboxylic acids is 1. The lowest BCUT2D eigenvalue weighted by Gasteiger charge is -2.17. The van der Waals surface area contributed by atoms with E-state index >= 15 is 0 Å². The van der Waals surface area contributed by atoms with Gasteiger partial charge in [-0.15, -0.1) is 0 Å². The average Bonchev–Trinajstić information content (AvgIpc) is 2.38. The second kappa shape index (κ2) is 7.07. The molecule has 20 heavy (non-hydrogen) atoms. The molecule has 108 valence electrons. The molecule has 8 heteroatoms. The summed E-state index contributed by atoms with van der Waals surface area (Å²) in [6.07, 6.45) is 0.322. The van der Waals surface area contributed by atoms with Crippen molar-refractivity contribution in [3.05, 3.63) is 34.4 Å². The summed E-state index contributed by atoms with van der Waals surface area (Å²) < 4.78 is 0. The second-order valence-electron chi connectivity index (χ2n) is 4.16. The Balaban J connectivity index is 2.54. The number of nitro groups is 1. The fourth-order valence-corrected chi connectivity index (χ4v) is 1.49. The Morgan fingerprint density at radius 3 is 2.75 bits per heavy atom. The van der Waals surface area contributed by atoms with E-state index in [9.17, 15) is 19.7 Å². The van der Waals surface area contributed by atoms with Crippen molar-refractivity contribution in [3.63, 3.8) is 0 Å². The van der Waals surface area contributed by atoms with Gasteiger partial charge in [0.2, 0.25) is 0 Å². The molecule has 1 aromatic carbocycles. The number of hydrogen-bond acceptors (Lipinski definition) is 4. The first kappa shape index (κ1) is 15.4. The summed E-state index contributed by atoms with van der Waals surface area (Å²) in [7, 11) is 1.52. The Morgan fingerprint density at radius 1 is 1.45 bits per heavy atom. The van der Waals surface area contributed by atoms with Crippen molar-refractivity contribution in [1.29, 1.82) is 0 Å². The van der Waals surface area contributed by atoms with Gasteiger partial charge in [-0.2, -0.15) is 0 Å². The molecule has 0 aliphatic heterocycles. The van der Waals surface area contributed by atoms with Crippen LogP contribution in [0.1, 0.15) is 12.8 Å². The van der Waals surface area contributed by atoms with Crippen LogP contribution in [0.2, 0.25) is 0 Å². The van der Waals surface area contributed by atoms with E-state index in [1.54, 1.807) is 0 Å². The molecule has 8 nitrogen and oxygen atoms in total. The van der Waals surface area contributed by atoms with E-state index < -0.39 is 16.9 Å². The van der Waals surface area contributed by atoms with E-state index in [1.165, 1.54) is 36.2 Å². The van der Waals surface area contributed by atoms with Crippen molar-refractivity contribution in [2.24, 2.45) is 0 Å². The Morgan fingerprint density at radius 2 is 2.15 bits per heavy atom. The molecule has 0 fully saturated rings. The highest BCUT2D eigenvalue weighted by Gasteiger charge is 2.11. The van der Waals surface area contributed by atoms with Gasteiger partial charge in [0.15, 0.2) is 0 Å². The van der Waals surface area contributed by atoms with E-state index in [1.807, 2.05) is 0 Å². The zero-order valence-electron chi connectivity index (χ0n) is 10.9. The molecule has 0 saturated carbocycles. The number of urea groups is 1. The molecule has 0 aliphatic rings. The average molecular weight is 281 g/mol. The summed E-state index contributed by atoms with van der Waals surface area (Å²) in [6.45, 7) is 0.285. The number of carbonyl (C=O) groups excluding carboxylic acids is 1. The molecular formula is C12H15N3O5. The third kappa shape index (κ3) is 4.92. The minimum Gasteiger partial charge on any atom is -0.481 e. The number of aliphatic carboxylic acids is 1. The monoisotopic (exact) mass is 281 g/mol. The predicted molar refractivity (Wildman–Crippen MR) is 71.6 cm³/mol. The molecule has 0 unspecified atom stereocenters. The van der Waals surface area contributed by atoms with Crippen molar-refractivity contribution < 1.29 is 19.6 Å². The molecular weight excluding hydrogens is 266 g/mol. The number of non-ortho nitro benzene ring substituents is 1. The molecule has 0 radical (unpaired) electrons. The van der Waals surface area contributed by atoms with Gasteiger partial charge >= 0.3 is 12.0 Å². The minimum absolute atomic E-state index is 0.0194. The fraction of sp³-hybridized carbons (Fsp3) is 0.333. The van der Waals surface area contributed by atoms with Crippen LogP contribution in [-0.4, -0.2) is 40.5 Å². The first-order valence-corrected chi connectivity index (χ1v) is 5.88. The molecule has 0 atom stereocenters. The number of amides is 2. The highest BCUT2D eigenvalue weighted by Crippen LogP contribution is 2.17. The van der Waals surface area contributed by atoms with Gasteiger partial charge in [-0.3, -0.25) is 14.9 Å². The Bertz CT molecular complexity index is 518. The van der Waals surface area contributed by atoms with Crippen molar-refractivity contribution in [2.75, 3.05) is 18.9 Å². The molecule has 0 bridgehead atoms. The van der Waals surface area contributed by atoms with Crippen LogP contribution in [0.5, 0.6) is 0 Å². The number of nitrogens with one attached hydrogen (secondary N) is 1. The maximum Gasteiger partial charge on any atom is 0.321 e. The fourth-order valence-electron chi connectivity index (χ4n) is 1.49. The lowest BCUT2D eigenvalue weighted by atomic mass is 10.3. The van der Waals surface area contributed by atoms with E-state index in [-0.39, 0.29) is 18.7 Å². The number of nitrogens with zero attached hydrogens (tertiary/aromatic N) is 2. The van der Waals surface area contributed by atoms with Gasteiger partial charge < -0.3 is 15.3 Å². The lowest BCUT2D eigenvalue weighted by Crippen LogP contribution is -2.32. The summed E-state index contributed by atoms with van der Waals surface area (Å²) in [5.41, 5.74) is 0.200. The minimum atomic E-state index is -0.919. The summed E-state index contributed by atoms with van der Waals surface area (Å²) in [5.74, 6) is -0.919. The third-order valence-corrected chi connectivity index (χ3v) is 2.54. The molecule has 1 aromatic rings. The van der Waals surface area contributed by atoms with Gasteiger partial charge in [0.25, 0.3) is 5.69 Å². The third-order valence-electron chi connectivity index (χ3n) is 2.54. The molecule has 0 aliphatic carbocycles. The van der Waals surface area contributed by atoms with Crippen molar-refractivity contribution in [3.8, 4) is 0 Å². The van der Waals surface area contributed by atoms with E-state index in [4.69, 9.17) is 5.11 Å². The molecule has 2 amide bonds. The number of hydrogen-bond donors (Lipinski definition) is 2. The lowest BCUT2D eigenvalue weighted by molar-refractivity contribution is -0.384. The highest BCUT2D eigenvalue weighted by atomic mass is 16.6. The molecule has 0 saturated heterocycles. The quantitative estimate of drug-likeness (QED) is 0.611. The maximum atomic E-state index is 11.8. The topological polar surface area (TPSA) is 113 Å². The smallest absolute Gasteiger partial charge is 0.321 e. The van der Waals surface area contributed by atoms with E-state index in [0.29, 0.717) is 12.1 Å². The summed E-state index contributed by atoms with van der Waals surface area (Å²) >= 11 is 0. The summed E-state index contributed by atoms with van der Waals surface area (Å²) in [5, 5.41) is 21.6. The first-order valence-electron chi connectivity index (χ1n) is 5.88. The van der Waals surface area contributed by atoms with Gasteiger partial charge in [-0.05, 0) is 12.5 Å². The number of carbonyl (C=O) groups is 2. The zero-order valence-corrected chi connectivity index (χ0v) is 10.9. The van der Waals surface area contributed by atoms with Crippen LogP contribution in [-0.2, 0) is 4.79 Å². The molecule has 0 aromatic heterocycles. The van der Waals surface area contributed by atoms with Gasteiger partial charge in [0.1, 0.15) is 0 Å². The van der Waals surface area contributed by atoms with Gasteiger partial charge in [0, 0.05) is 37.8 Å². The van der Waals surface area contributed by atoms with Crippen molar-refractivity contribution >= 4 is 23.4 Å². The molecule has 1 rings (SSSR count). The maximum absolute atomic E-state index is 11.8. The number of anilines is 1. The number of carboxylic acid groups (broad SMARTS) is 1. The molecule has 0 heterocycles. The Labute approximate surface area is 115 Å². The van der Waals surface area contributed by atoms with Gasteiger partial charge in [0.05, 0.1) is 4.92 Å². The van der Waals surface area contributed by atoms with Crippen LogP contribution in [0.15, 0.2) is 24.3 Å².